The van der Waals surface area contributed by atoms with E-state index in [4.69, 9.17) is 12.2 Å². The Balaban J connectivity index is 1.36. The summed E-state index contributed by atoms with van der Waals surface area (Å²) in [7, 11) is -3.62. The first kappa shape index (κ1) is 20.7. The molecule has 1 fully saturated rings. The molecule has 1 aliphatic heterocycles. The van der Waals surface area contributed by atoms with E-state index in [2.05, 4.69) is 41.8 Å². The van der Waals surface area contributed by atoms with Crippen molar-refractivity contribution in [2.45, 2.75) is 25.0 Å². The summed E-state index contributed by atoms with van der Waals surface area (Å²) in [5.41, 5.74) is 3.30. The second-order valence-corrected chi connectivity index (χ2v) is 10.3. The summed E-state index contributed by atoms with van der Waals surface area (Å²) in [5.74, 6) is 0. The predicted octanol–water partition coefficient (Wildman–Crippen LogP) is 3.16. The molecule has 0 saturated carbocycles. The van der Waals surface area contributed by atoms with Crippen molar-refractivity contribution in [3.8, 4) is 0 Å². The van der Waals surface area contributed by atoms with Gasteiger partial charge in [0, 0.05) is 32.7 Å². The number of hydrogen-bond acceptors (Lipinski definition) is 7. The highest BCUT2D eigenvalue weighted by atomic mass is 32.2. The number of rotatable bonds is 5. The van der Waals surface area contributed by atoms with Crippen LogP contribution in [0.1, 0.15) is 6.92 Å². The lowest BCUT2D eigenvalue weighted by molar-refractivity contribution is 0.153. The summed E-state index contributed by atoms with van der Waals surface area (Å²) in [6.45, 7) is 5.68. The van der Waals surface area contributed by atoms with Gasteiger partial charge in [0.25, 0.3) is 0 Å². The number of fused-ring (bicyclic) bond motifs is 2. The van der Waals surface area contributed by atoms with E-state index in [0.29, 0.717) is 43.9 Å². The Hall–Kier alpha value is -2.18. The van der Waals surface area contributed by atoms with Crippen molar-refractivity contribution in [3.63, 3.8) is 0 Å². The molecule has 1 saturated heterocycles. The Morgan fingerprint density at radius 3 is 2.39 bits per heavy atom. The van der Waals surface area contributed by atoms with Crippen LogP contribution in [0.5, 0.6) is 0 Å². The van der Waals surface area contributed by atoms with Crippen molar-refractivity contribution in [1.29, 1.82) is 0 Å². The minimum atomic E-state index is -3.62. The minimum Gasteiger partial charge on any atom is -0.317 e. The Morgan fingerprint density at radius 2 is 1.68 bits per heavy atom. The number of sulfonamides is 1. The van der Waals surface area contributed by atoms with Crippen molar-refractivity contribution >= 4 is 56.0 Å². The highest BCUT2D eigenvalue weighted by Gasteiger charge is 2.31. The Bertz CT molecular complexity index is 1410. The maximum Gasteiger partial charge on any atom is 0.245 e. The van der Waals surface area contributed by atoms with Crippen LogP contribution in [-0.2, 0) is 23.2 Å². The molecule has 5 rings (SSSR count). The minimum absolute atomic E-state index is 0.237. The summed E-state index contributed by atoms with van der Waals surface area (Å²) in [5, 5.41) is 0. The number of nitrogens with zero attached hydrogens (tertiary/aromatic N) is 6. The number of hydrogen-bond donors (Lipinski definition) is 0. The molecule has 0 unspecified atom stereocenters. The van der Waals surface area contributed by atoms with E-state index < -0.39 is 10.0 Å². The van der Waals surface area contributed by atoms with E-state index in [-0.39, 0.29) is 4.90 Å². The number of imidazole rings is 1. The molecule has 4 aromatic rings. The normalized spacial score (nSPS) is 16.4. The number of benzene rings is 2. The molecule has 8 nitrogen and oxygen atoms in total. The molecule has 3 heterocycles. The van der Waals surface area contributed by atoms with Crippen LogP contribution in [0, 0.1) is 4.77 Å². The van der Waals surface area contributed by atoms with Crippen LogP contribution in [-0.4, -0.2) is 61.7 Å². The summed E-state index contributed by atoms with van der Waals surface area (Å²) in [6, 6.07) is 13.3. The van der Waals surface area contributed by atoms with Crippen molar-refractivity contribution in [3.05, 3.63) is 47.2 Å². The van der Waals surface area contributed by atoms with Gasteiger partial charge in [-0.3, -0.25) is 4.90 Å². The van der Waals surface area contributed by atoms with Crippen molar-refractivity contribution in [2.24, 2.45) is 0 Å². The van der Waals surface area contributed by atoms with Gasteiger partial charge in [-0.1, -0.05) is 18.2 Å². The molecule has 0 aliphatic carbocycles. The Kier molecular flexibility index (Phi) is 5.39. The zero-order valence-electron chi connectivity index (χ0n) is 17.0. The second-order valence-electron chi connectivity index (χ2n) is 7.50. The molecular weight excluding hydrogens is 452 g/mol. The summed E-state index contributed by atoms with van der Waals surface area (Å²) in [6.07, 6.45) is 0. The molecule has 0 spiro atoms. The van der Waals surface area contributed by atoms with Crippen LogP contribution in [0.3, 0.4) is 0 Å². The molecule has 0 N–H and O–H groups in total. The fourth-order valence-electron chi connectivity index (χ4n) is 4.15. The smallest absolute Gasteiger partial charge is 0.245 e. The zero-order valence-corrected chi connectivity index (χ0v) is 19.5. The molecule has 2 aromatic heterocycles. The lowest BCUT2D eigenvalue weighted by atomic mass is 10.3. The van der Waals surface area contributed by atoms with Gasteiger partial charge in [0.15, 0.2) is 4.77 Å². The molecule has 0 atom stereocenters. The number of aromatic nitrogens is 4. The van der Waals surface area contributed by atoms with Gasteiger partial charge >= 0.3 is 0 Å². The third-order valence-electron chi connectivity index (χ3n) is 5.78. The monoisotopic (exact) mass is 474 g/mol. The molecule has 31 heavy (non-hydrogen) atoms. The number of piperazine rings is 1. The first-order valence-electron chi connectivity index (χ1n) is 10.1. The van der Waals surface area contributed by atoms with Crippen LogP contribution < -0.4 is 0 Å². The highest BCUT2D eigenvalue weighted by molar-refractivity contribution is 7.89. The van der Waals surface area contributed by atoms with E-state index in [1.807, 2.05) is 12.1 Å². The standard InChI is InChI=1S/C20H22N6O2S3/c1-2-25-16-7-3-4-8-17(16)26(20(25)29)14-23-10-12-24(13-11-23)31(27,28)18-9-5-6-15-19(18)22-30-21-15/h3-9H,2,10-14H2,1H3. The molecule has 0 radical (unpaired) electrons. The van der Waals surface area contributed by atoms with Crippen LogP contribution in [0.25, 0.3) is 22.1 Å². The highest BCUT2D eigenvalue weighted by Crippen LogP contribution is 2.25. The fourth-order valence-corrected chi connectivity index (χ4v) is 6.71. The van der Waals surface area contributed by atoms with E-state index >= 15 is 0 Å². The lowest BCUT2D eigenvalue weighted by Crippen LogP contribution is -2.48. The summed E-state index contributed by atoms with van der Waals surface area (Å²) < 4.78 is 41.5. The van der Waals surface area contributed by atoms with Crippen LogP contribution >= 0.6 is 23.9 Å². The van der Waals surface area contributed by atoms with E-state index in [0.717, 1.165) is 34.1 Å². The van der Waals surface area contributed by atoms with Gasteiger partial charge in [-0.2, -0.15) is 13.1 Å². The summed E-state index contributed by atoms with van der Waals surface area (Å²) in [4.78, 5) is 2.49. The molecule has 1 aliphatic rings. The van der Waals surface area contributed by atoms with Gasteiger partial charge in [-0.25, -0.2) is 8.42 Å². The van der Waals surface area contributed by atoms with Gasteiger partial charge in [0.05, 0.1) is 29.4 Å². The van der Waals surface area contributed by atoms with E-state index in [1.165, 1.54) is 0 Å². The molecule has 162 valence electrons. The predicted molar refractivity (Wildman–Crippen MR) is 124 cm³/mol. The van der Waals surface area contributed by atoms with Crippen molar-refractivity contribution < 1.29 is 8.42 Å². The van der Waals surface area contributed by atoms with Crippen LogP contribution in [0.15, 0.2) is 47.4 Å². The van der Waals surface area contributed by atoms with E-state index in [9.17, 15) is 8.42 Å². The van der Waals surface area contributed by atoms with Gasteiger partial charge < -0.3 is 9.13 Å². The van der Waals surface area contributed by atoms with Crippen molar-refractivity contribution in [2.75, 3.05) is 26.2 Å². The third-order valence-corrected chi connectivity index (χ3v) is 8.69. The lowest BCUT2D eigenvalue weighted by Gasteiger charge is -2.34. The van der Waals surface area contributed by atoms with Gasteiger partial charge in [-0.15, -0.1) is 0 Å². The number of aryl methyl sites for hydroxylation is 1. The molecule has 0 bridgehead atoms. The summed E-state index contributed by atoms with van der Waals surface area (Å²) >= 11 is 6.76. The Morgan fingerprint density at radius 1 is 0.968 bits per heavy atom. The van der Waals surface area contributed by atoms with Gasteiger partial charge in [0.1, 0.15) is 15.9 Å². The largest absolute Gasteiger partial charge is 0.317 e. The average Bonchev–Trinajstić information content (AvgIpc) is 3.37. The molecule has 2 aromatic carbocycles. The molecule has 0 amide bonds. The second kappa shape index (κ2) is 8.06. The quantitative estimate of drug-likeness (QED) is 0.414. The first-order valence-corrected chi connectivity index (χ1v) is 12.7. The van der Waals surface area contributed by atoms with Crippen LogP contribution in [0.4, 0.5) is 0 Å². The third kappa shape index (κ3) is 3.50. The Labute approximate surface area is 189 Å². The van der Waals surface area contributed by atoms with Crippen LogP contribution in [0.2, 0.25) is 0 Å². The maximum absolute atomic E-state index is 13.3. The molecule has 11 heteroatoms. The first-order chi connectivity index (χ1) is 15.0. The average molecular weight is 475 g/mol. The van der Waals surface area contributed by atoms with Gasteiger partial charge in [0.2, 0.25) is 10.0 Å². The fraction of sp³-hybridized carbons (Fsp3) is 0.350. The zero-order chi connectivity index (χ0) is 21.6. The topological polar surface area (TPSA) is 76.3 Å². The van der Waals surface area contributed by atoms with Crippen molar-refractivity contribution in [1.82, 2.24) is 27.1 Å². The van der Waals surface area contributed by atoms with Gasteiger partial charge in [-0.05, 0) is 43.4 Å². The SMILES string of the molecule is CCn1c(=S)n(CN2CCN(S(=O)(=O)c3cccc4nsnc34)CC2)c2ccccc21. The van der Waals surface area contributed by atoms with E-state index in [1.54, 1.807) is 22.5 Å². The maximum atomic E-state index is 13.3. The number of para-hydroxylation sites is 2. The molecular formula is C20H22N6O2S3.